The number of nitrogens with zero attached hydrogens (tertiary/aromatic N) is 1. The number of hydrogen-bond donors (Lipinski definition) is 0. The summed E-state index contributed by atoms with van der Waals surface area (Å²) >= 11 is 10.4. The van der Waals surface area contributed by atoms with Gasteiger partial charge in [0.2, 0.25) is 5.91 Å². The van der Waals surface area contributed by atoms with E-state index in [1.165, 1.54) is 23.9 Å². The Morgan fingerprint density at radius 3 is 2.71 bits per heavy atom. The Morgan fingerprint density at radius 1 is 1.25 bits per heavy atom. The van der Waals surface area contributed by atoms with Crippen molar-refractivity contribution in [3.05, 3.63) is 63.9 Å². The molecule has 0 radical (unpaired) electrons. The summed E-state index contributed by atoms with van der Waals surface area (Å²) < 4.78 is 20.5. The highest BCUT2D eigenvalue weighted by Crippen LogP contribution is 2.33. The average molecular weight is 482 g/mol. The van der Waals surface area contributed by atoms with Crippen molar-refractivity contribution in [3.8, 4) is 5.75 Å². The van der Waals surface area contributed by atoms with Crippen LogP contribution in [0.25, 0.3) is 0 Å². The lowest BCUT2D eigenvalue weighted by molar-refractivity contribution is -0.126. The van der Waals surface area contributed by atoms with Gasteiger partial charge in [-0.2, -0.15) is 0 Å². The number of ether oxygens (including phenoxy) is 1. The van der Waals surface area contributed by atoms with E-state index in [2.05, 4.69) is 29.8 Å². The molecule has 3 rings (SSSR count). The fraction of sp³-hybridized carbons (Fsp3) is 0.333. The quantitative estimate of drug-likeness (QED) is 0.481. The molecule has 0 unspecified atom stereocenters. The zero-order valence-electron chi connectivity index (χ0n) is 15.7. The largest absolute Gasteiger partial charge is 0.488 e. The van der Waals surface area contributed by atoms with Crippen molar-refractivity contribution in [2.24, 2.45) is 5.92 Å². The first-order valence-corrected chi connectivity index (χ1v) is 11.1. The van der Waals surface area contributed by atoms with Crippen molar-refractivity contribution in [1.29, 1.82) is 0 Å². The van der Waals surface area contributed by atoms with Gasteiger partial charge < -0.3 is 4.74 Å². The number of amides is 1. The van der Waals surface area contributed by atoms with Crippen molar-refractivity contribution >= 4 is 50.1 Å². The van der Waals surface area contributed by atoms with Gasteiger partial charge in [-0.1, -0.05) is 56.0 Å². The highest BCUT2D eigenvalue weighted by atomic mass is 79.9. The summed E-state index contributed by atoms with van der Waals surface area (Å²) in [4.78, 5) is 14.4. The minimum absolute atomic E-state index is 0.0891. The van der Waals surface area contributed by atoms with Crippen molar-refractivity contribution < 1.29 is 13.9 Å². The van der Waals surface area contributed by atoms with E-state index in [0.29, 0.717) is 29.0 Å². The van der Waals surface area contributed by atoms with E-state index >= 15 is 0 Å². The zero-order chi connectivity index (χ0) is 20.3. The van der Waals surface area contributed by atoms with Crippen LogP contribution in [0.15, 0.2) is 46.9 Å². The second-order valence-corrected chi connectivity index (χ2v) is 9.79. The van der Waals surface area contributed by atoms with Crippen molar-refractivity contribution in [2.75, 3.05) is 6.54 Å². The average Bonchev–Trinajstić information content (AvgIpc) is 2.88. The lowest BCUT2D eigenvalue weighted by atomic mass is 10.1. The second-order valence-electron chi connectivity index (χ2n) is 7.10. The topological polar surface area (TPSA) is 29.5 Å². The SMILES string of the molecule is CC(C)CN1C(=O)[C@H](Cc2ccc(OCc3cccc(F)c3)c(Br)c2)SC1=S. The van der Waals surface area contributed by atoms with Crippen LogP contribution in [0.5, 0.6) is 5.75 Å². The first-order chi connectivity index (χ1) is 13.3. The molecule has 28 heavy (non-hydrogen) atoms. The Kier molecular flexibility index (Phi) is 7.12. The molecule has 1 atom stereocenters. The van der Waals surface area contributed by atoms with E-state index in [-0.39, 0.29) is 23.6 Å². The number of rotatable bonds is 7. The summed E-state index contributed by atoms with van der Waals surface area (Å²) in [5.74, 6) is 0.866. The Labute approximate surface area is 182 Å². The van der Waals surface area contributed by atoms with Gasteiger partial charge in [-0.25, -0.2) is 4.39 Å². The first-order valence-electron chi connectivity index (χ1n) is 9.01. The molecule has 2 aromatic carbocycles. The van der Waals surface area contributed by atoms with Crippen LogP contribution in [0, 0.1) is 11.7 Å². The van der Waals surface area contributed by atoms with Gasteiger partial charge in [-0.15, -0.1) is 0 Å². The lowest BCUT2D eigenvalue weighted by Crippen LogP contribution is -2.34. The molecule has 0 spiro atoms. The fourth-order valence-corrected chi connectivity index (χ4v) is 5.04. The van der Waals surface area contributed by atoms with Crippen LogP contribution in [0.4, 0.5) is 4.39 Å². The third kappa shape index (κ3) is 5.33. The highest BCUT2D eigenvalue weighted by Gasteiger charge is 2.36. The van der Waals surface area contributed by atoms with Crippen molar-refractivity contribution in [3.63, 3.8) is 0 Å². The third-order valence-corrected chi connectivity index (χ3v) is 6.46. The Balaban J connectivity index is 1.63. The number of carbonyl (C=O) groups is 1. The summed E-state index contributed by atoms with van der Waals surface area (Å²) in [7, 11) is 0. The Bertz CT molecular complexity index is 890. The van der Waals surface area contributed by atoms with Gasteiger partial charge in [0.1, 0.15) is 22.5 Å². The molecule has 0 saturated carbocycles. The molecule has 0 aromatic heterocycles. The van der Waals surface area contributed by atoms with Gasteiger partial charge in [0.05, 0.1) is 9.72 Å². The summed E-state index contributed by atoms with van der Waals surface area (Å²) in [5.41, 5.74) is 1.80. The van der Waals surface area contributed by atoms with Gasteiger partial charge in [0.25, 0.3) is 0 Å². The first kappa shape index (κ1) is 21.3. The van der Waals surface area contributed by atoms with E-state index in [1.807, 2.05) is 24.3 Å². The maximum atomic E-state index is 13.3. The summed E-state index contributed by atoms with van der Waals surface area (Å²) in [6, 6.07) is 12.1. The highest BCUT2D eigenvalue weighted by molar-refractivity contribution is 9.10. The monoisotopic (exact) mass is 481 g/mol. The number of halogens is 2. The van der Waals surface area contributed by atoms with Crippen LogP contribution < -0.4 is 4.74 Å². The Morgan fingerprint density at radius 2 is 2.04 bits per heavy atom. The fourth-order valence-electron chi connectivity index (χ4n) is 2.95. The van der Waals surface area contributed by atoms with E-state index in [9.17, 15) is 9.18 Å². The van der Waals surface area contributed by atoms with Gasteiger partial charge in [-0.05, 0) is 63.7 Å². The number of hydrogen-bond acceptors (Lipinski definition) is 4. The molecule has 0 N–H and O–H groups in total. The van der Waals surface area contributed by atoms with Gasteiger partial charge in [0, 0.05) is 6.54 Å². The normalized spacial score (nSPS) is 16.9. The molecule has 148 valence electrons. The minimum atomic E-state index is -0.279. The molecule has 0 aliphatic carbocycles. The minimum Gasteiger partial charge on any atom is -0.488 e. The summed E-state index contributed by atoms with van der Waals surface area (Å²) in [5, 5.41) is -0.183. The van der Waals surface area contributed by atoms with Gasteiger partial charge in [-0.3, -0.25) is 9.69 Å². The lowest BCUT2D eigenvalue weighted by Gasteiger charge is -2.17. The molecule has 7 heteroatoms. The molecule has 3 nitrogen and oxygen atoms in total. The standard InChI is InChI=1S/C21H21BrFNO2S2/c1-13(2)11-24-20(25)19(28-21(24)27)10-14-6-7-18(17(22)9-14)26-12-15-4-3-5-16(23)8-15/h3-9,13,19H,10-12H2,1-2H3/t19-/m0/s1. The van der Waals surface area contributed by atoms with Gasteiger partial charge in [0.15, 0.2) is 0 Å². The van der Waals surface area contributed by atoms with Crippen LogP contribution in [0.3, 0.4) is 0 Å². The molecule has 1 aliphatic heterocycles. The van der Waals surface area contributed by atoms with E-state index in [0.717, 1.165) is 15.6 Å². The molecular formula is C21H21BrFNO2S2. The molecule has 1 aliphatic rings. The van der Waals surface area contributed by atoms with Gasteiger partial charge >= 0.3 is 0 Å². The number of carbonyl (C=O) groups excluding carboxylic acids is 1. The summed E-state index contributed by atoms with van der Waals surface area (Å²) in [6.07, 6.45) is 0.612. The number of thioether (sulfide) groups is 1. The maximum Gasteiger partial charge on any atom is 0.241 e. The molecule has 1 heterocycles. The smallest absolute Gasteiger partial charge is 0.241 e. The van der Waals surface area contributed by atoms with E-state index < -0.39 is 0 Å². The van der Waals surface area contributed by atoms with Crippen LogP contribution in [-0.2, 0) is 17.8 Å². The summed E-state index contributed by atoms with van der Waals surface area (Å²) in [6.45, 7) is 5.10. The molecule has 1 fully saturated rings. The van der Waals surface area contributed by atoms with Crippen LogP contribution in [0.2, 0.25) is 0 Å². The van der Waals surface area contributed by atoms with Crippen molar-refractivity contribution in [1.82, 2.24) is 4.90 Å². The molecule has 1 saturated heterocycles. The predicted octanol–water partition coefficient (Wildman–Crippen LogP) is 5.59. The molecule has 1 amide bonds. The van der Waals surface area contributed by atoms with Crippen LogP contribution >= 0.6 is 39.9 Å². The van der Waals surface area contributed by atoms with Crippen LogP contribution in [-0.4, -0.2) is 26.9 Å². The van der Waals surface area contributed by atoms with Crippen LogP contribution in [0.1, 0.15) is 25.0 Å². The molecule has 0 bridgehead atoms. The number of benzene rings is 2. The van der Waals surface area contributed by atoms with E-state index in [4.69, 9.17) is 17.0 Å². The maximum absolute atomic E-state index is 13.3. The zero-order valence-corrected chi connectivity index (χ0v) is 18.9. The molecule has 2 aromatic rings. The van der Waals surface area contributed by atoms with Crippen molar-refractivity contribution in [2.45, 2.75) is 32.1 Å². The van der Waals surface area contributed by atoms with E-state index in [1.54, 1.807) is 11.0 Å². The molecular weight excluding hydrogens is 461 g/mol. The predicted molar refractivity (Wildman–Crippen MR) is 119 cm³/mol. The second kappa shape index (κ2) is 9.37. The number of thiocarbonyl (C=S) groups is 1. The third-order valence-electron chi connectivity index (χ3n) is 4.25. The Hall–Kier alpha value is -1.44.